The number of rotatable bonds is 8. The van der Waals surface area contributed by atoms with Gasteiger partial charge in [-0.3, -0.25) is 4.79 Å². The minimum atomic E-state index is -1.27. The summed E-state index contributed by atoms with van der Waals surface area (Å²) in [5, 5.41) is 22.5. The van der Waals surface area contributed by atoms with Gasteiger partial charge in [-0.15, -0.1) is 0 Å². The molecule has 2 aliphatic rings. The maximum absolute atomic E-state index is 12.6. The van der Waals surface area contributed by atoms with Crippen molar-refractivity contribution in [3.63, 3.8) is 0 Å². The molecule has 1 aromatic carbocycles. The normalized spacial score (nSPS) is 23.4. The Morgan fingerprint density at radius 3 is 2.52 bits per heavy atom. The molecule has 0 radical (unpaired) electrons. The quantitative estimate of drug-likeness (QED) is 0.533. The van der Waals surface area contributed by atoms with Crippen LogP contribution in [0, 0.1) is 5.92 Å². The molecule has 0 unspecified atom stereocenters. The number of para-hydroxylation sites is 1. The van der Waals surface area contributed by atoms with Crippen molar-refractivity contribution in [2.24, 2.45) is 5.92 Å². The summed E-state index contributed by atoms with van der Waals surface area (Å²) in [6.45, 7) is 2.09. The molecule has 0 aromatic heterocycles. The van der Waals surface area contributed by atoms with Crippen molar-refractivity contribution in [1.29, 1.82) is 0 Å². The minimum absolute atomic E-state index is 0.0219. The van der Waals surface area contributed by atoms with E-state index >= 15 is 0 Å². The first-order chi connectivity index (χ1) is 14.7. The van der Waals surface area contributed by atoms with Gasteiger partial charge in [0.25, 0.3) is 0 Å². The van der Waals surface area contributed by atoms with Gasteiger partial charge in [0.15, 0.2) is 0 Å². The first kappa shape index (κ1) is 23.6. The standard InChI is InChI=1S/C22H34BN3O5/c1-25(2)11-12-26(3)17-9-7-15(8-10-17)13-20(27)24-19-14-16-5-4-6-18(22(28)29)21(16)31-23(19)30/h4-6,15,17,19,30H,7-14H2,1-3H3,(H,24,27)(H,28,29)/t15-,17-,19-/m0/s1. The average Bonchev–Trinajstić information content (AvgIpc) is 2.72. The molecular weight excluding hydrogens is 397 g/mol. The van der Waals surface area contributed by atoms with Crippen LogP contribution in [0.1, 0.15) is 48.0 Å². The third-order valence-electron chi connectivity index (χ3n) is 6.51. The van der Waals surface area contributed by atoms with Crippen LogP contribution < -0.4 is 9.97 Å². The molecule has 8 nitrogen and oxygen atoms in total. The second kappa shape index (κ2) is 10.5. The maximum Gasteiger partial charge on any atom is 0.547 e. The summed E-state index contributed by atoms with van der Waals surface area (Å²) >= 11 is 0. The number of hydrogen-bond donors (Lipinski definition) is 3. The molecule has 1 heterocycles. The summed E-state index contributed by atoms with van der Waals surface area (Å²) in [5.41, 5.74) is 0.699. The van der Waals surface area contributed by atoms with Crippen LogP contribution in [0.3, 0.4) is 0 Å². The number of carbonyl (C=O) groups excluding carboxylic acids is 1. The Kier molecular flexibility index (Phi) is 7.97. The van der Waals surface area contributed by atoms with Gasteiger partial charge < -0.3 is 29.9 Å². The third kappa shape index (κ3) is 6.21. The number of aromatic carboxylic acids is 1. The van der Waals surface area contributed by atoms with Crippen molar-refractivity contribution in [1.82, 2.24) is 15.1 Å². The van der Waals surface area contributed by atoms with Crippen molar-refractivity contribution in [2.45, 2.75) is 50.5 Å². The number of carboxylic acid groups (broad SMARTS) is 1. The van der Waals surface area contributed by atoms with Gasteiger partial charge in [0.05, 0.1) is 11.5 Å². The summed E-state index contributed by atoms with van der Waals surface area (Å²) < 4.78 is 5.46. The maximum atomic E-state index is 12.6. The van der Waals surface area contributed by atoms with Crippen LogP contribution in [0.5, 0.6) is 5.75 Å². The second-order valence-corrected chi connectivity index (χ2v) is 9.15. The molecule has 1 saturated carbocycles. The SMILES string of the molecule is CN(C)CCN(C)[C@H]1CC[C@H](CC(=O)N[C@H]2Cc3cccc(C(=O)O)c3OB2O)CC1. The fraction of sp³-hybridized carbons (Fsp3) is 0.636. The van der Waals surface area contributed by atoms with E-state index in [1.807, 2.05) is 0 Å². The molecule has 3 rings (SSSR count). The van der Waals surface area contributed by atoms with Gasteiger partial charge in [-0.2, -0.15) is 0 Å². The zero-order valence-corrected chi connectivity index (χ0v) is 18.7. The van der Waals surface area contributed by atoms with Crippen molar-refractivity contribution in [3.05, 3.63) is 29.3 Å². The number of hydrogen-bond acceptors (Lipinski definition) is 6. The smallest absolute Gasteiger partial charge is 0.534 e. The predicted molar refractivity (Wildman–Crippen MR) is 119 cm³/mol. The van der Waals surface area contributed by atoms with Gasteiger partial charge in [-0.1, -0.05) is 12.1 Å². The second-order valence-electron chi connectivity index (χ2n) is 9.15. The lowest BCUT2D eigenvalue weighted by Crippen LogP contribution is -2.53. The van der Waals surface area contributed by atoms with Crippen LogP contribution in [0.25, 0.3) is 0 Å². The van der Waals surface area contributed by atoms with Gasteiger partial charge in [-0.05, 0) is 70.8 Å². The van der Waals surface area contributed by atoms with Crippen molar-refractivity contribution in [2.75, 3.05) is 34.2 Å². The number of carbonyl (C=O) groups is 2. The fourth-order valence-electron chi connectivity index (χ4n) is 4.57. The van der Waals surface area contributed by atoms with E-state index in [0.717, 1.165) is 38.8 Å². The molecule has 1 atom stereocenters. The number of amides is 1. The zero-order valence-electron chi connectivity index (χ0n) is 18.7. The molecule has 1 aromatic rings. The number of likely N-dealkylation sites (N-methyl/N-ethyl adjacent to an activating group) is 2. The molecule has 0 bridgehead atoms. The summed E-state index contributed by atoms with van der Waals surface area (Å²) in [7, 11) is 5.08. The van der Waals surface area contributed by atoms with E-state index in [4.69, 9.17) is 4.65 Å². The van der Waals surface area contributed by atoms with E-state index in [0.29, 0.717) is 30.4 Å². The predicted octanol–water partition coefficient (Wildman–Crippen LogP) is 1.27. The van der Waals surface area contributed by atoms with Crippen molar-refractivity contribution < 1.29 is 24.4 Å². The number of benzene rings is 1. The number of nitrogens with one attached hydrogen (secondary N) is 1. The van der Waals surface area contributed by atoms with Crippen LogP contribution in [-0.2, 0) is 11.2 Å². The largest absolute Gasteiger partial charge is 0.547 e. The van der Waals surface area contributed by atoms with Crippen molar-refractivity contribution >= 4 is 19.0 Å². The molecule has 1 aliphatic heterocycles. The van der Waals surface area contributed by atoms with Crippen LogP contribution in [0.15, 0.2) is 18.2 Å². The Labute approximate surface area is 184 Å². The number of fused-ring (bicyclic) bond motifs is 1. The molecule has 170 valence electrons. The van der Waals surface area contributed by atoms with Crippen molar-refractivity contribution in [3.8, 4) is 5.75 Å². The molecule has 3 N–H and O–H groups in total. The van der Waals surface area contributed by atoms with E-state index in [-0.39, 0.29) is 17.2 Å². The molecular formula is C22H34BN3O5. The van der Waals surface area contributed by atoms with Crippen LogP contribution in [0.2, 0.25) is 0 Å². The van der Waals surface area contributed by atoms with Crippen LogP contribution >= 0.6 is 0 Å². The van der Waals surface area contributed by atoms with E-state index in [1.165, 1.54) is 6.07 Å². The molecule has 31 heavy (non-hydrogen) atoms. The number of nitrogens with zero attached hydrogens (tertiary/aromatic N) is 2. The van der Waals surface area contributed by atoms with Gasteiger partial charge in [-0.25, -0.2) is 4.79 Å². The molecule has 1 amide bonds. The number of carboxylic acids is 1. The van der Waals surface area contributed by atoms with E-state index < -0.39 is 19.0 Å². The highest BCUT2D eigenvalue weighted by Gasteiger charge is 2.38. The lowest BCUT2D eigenvalue weighted by Gasteiger charge is -2.35. The third-order valence-corrected chi connectivity index (χ3v) is 6.51. The first-order valence-corrected chi connectivity index (χ1v) is 11.1. The minimum Gasteiger partial charge on any atom is -0.534 e. The summed E-state index contributed by atoms with van der Waals surface area (Å²) in [6, 6.07) is 5.44. The molecule has 0 saturated heterocycles. The monoisotopic (exact) mass is 431 g/mol. The Balaban J connectivity index is 1.47. The summed E-state index contributed by atoms with van der Waals surface area (Å²) in [5.74, 6) is -1.24. The highest BCUT2D eigenvalue weighted by atomic mass is 16.5. The van der Waals surface area contributed by atoms with Gasteiger partial charge >= 0.3 is 13.1 Å². The Morgan fingerprint density at radius 1 is 1.16 bits per heavy atom. The average molecular weight is 431 g/mol. The van der Waals surface area contributed by atoms with Gasteiger partial charge in [0, 0.05) is 25.6 Å². The van der Waals surface area contributed by atoms with Crippen LogP contribution in [0.4, 0.5) is 0 Å². The van der Waals surface area contributed by atoms with Gasteiger partial charge in [0.1, 0.15) is 5.75 Å². The molecule has 9 heteroatoms. The molecule has 1 aliphatic carbocycles. The first-order valence-electron chi connectivity index (χ1n) is 11.1. The fourth-order valence-corrected chi connectivity index (χ4v) is 4.57. The Hall–Kier alpha value is -2.10. The molecule has 1 fully saturated rings. The highest BCUT2D eigenvalue weighted by molar-refractivity contribution is 6.47. The van der Waals surface area contributed by atoms with E-state index in [1.54, 1.807) is 12.1 Å². The topological polar surface area (TPSA) is 102 Å². The lowest BCUT2D eigenvalue weighted by atomic mass is 9.72. The molecule has 0 spiro atoms. The Bertz CT molecular complexity index is 782. The Morgan fingerprint density at radius 2 is 1.87 bits per heavy atom. The zero-order chi connectivity index (χ0) is 22.5. The van der Waals surface area contributed by atoms with E-state index in [2.05, 4.69) is 36.3 Å². The van der Waals surface area contributed by atoms with Gasteiger partial charge in [0.2, 0.25) is 5.91 Å². The summed E-state index contributed by atoms with van der Waals surface area (Å²) in [6.07, 6.45) is 5.04. The highest BCUT2D eigenvalue weighted by Crippen LogP contribution is 2.31. The van der Waals surface area contributed by atoms with E-state index in [9.17, 15) is 19.7 Å². The lowest BCUT2D eigenvalue weighted by molar-refractivity contribution is -0.122. The van der Waals surface area contributed by atoms with Crippen LogP contribution in [-0.4, -0.2) is 85.1 Å². The summed E-state index contributed by atoms with van der Waals surface area (Å²) in [4.78, 5) is 28.6.